The quantitative estimate of drug-likeness (QED) is 0.840. The van der Waals surface area contributed by atoms with Gasteiger partial charge in [-0.25, -0.2) is 0 Å². The smallest absolute Gasteiger partial charge is 0.0774 e. The Bertz CT molecular complexity index is 302. The summed E-state index contributed by atoms with van der Waals surface area (Å²) >= 11 is 11.7. The van der Waals surface area contributed by atoms with Gasteiger partial charge in [-0.2, -0.15) is 0 Å². The highest BCUT2D eigenvalue weighted by molar-refractivity contribution is 6.35. The van der Waals surface area contributed by atoms with Crippen LogP contribution >= 0.6 is 23.2 Å². The van der Waals surface area contributed by atoms with Crippen molar-refractivity contribution in [2.45, 2.75) is 18.9 Å². The first-order valence-corrected chi connectivity index (χ1v) is 5.12. The second-order valence-corrected chi connectivity index (χ2v) is 3.95. The second-order valence-electron chi connectivity index (χ2n) is 3.11. The minimum atomic E-state index is -0.679. The van der Waals surface area contributed by atoms with Crippen LogP contribution in [0.15, 0.2) is 18.2 Å². The molecule has 1 aromatic carbocycles. The topological polar surface area (TPSA) is 40.5 Å². The van der Waals surface area contributed by atoms with E-state index in [1.54, 1.807) is 12.1 Å². The normalized spacial score (nSPS) is 12.9. The molecule has 0 amide bonds. The fourth-order valence-corrected chi connectivity index (χ4v) is 1.64. The lowest BCUT2D eigenvalue weighted by molar-refractivity contribution is 0.0886. The highest BCUT2D eigenvalue weighted by Crippen LogP contribution is 2.22. The Labute approximate surface area is 93.1 Å². The lowest BCUT2D eigenvalue weighted by Gasteiger charge is -2.08. The molecule has 0 aliphatic rings. The van der Waals surface area contributed by atoms with Crippen LogP contribution in [0.2, 0.25) is 10.0 Å². The maximum absolute atomic E-state index is 9.15. The van der Waals surface area contributed by atoms with Crippen LogP contribution in [0.25, 0.3) is 0 Å². The molecule has 0 aliphatic carbocycles. The van der Waals surface area contributed by atoms with Crippen molar-refractivity contribution in [3.8, 4) is 0 Å². The Balaban J connectivity index is 2.59. The summed E-state index contributed by atoms with van der Waals surface area (Å²) in [5, 5.41) is 19.0. The molecule has 0 bridgehead atoms. The molecule has 1 unspecified atom stereocenters. The Morgan fingerprint density at radius 2 is 2.00 bits per heavy atom. The van der Waals surface area contributed by atoms with Gasteiger partial charge in [-0.1, -0.05) is 29.3 Å². The molecule has 1 rings (SSSR count). The summed E-state index contributed by atoms with van der Waals surface area (Å²) in [5.74, 6) is 0. The van der Waals surface area contributed by atoms with Gasteiger partial charge in [0.1, 0.15) is 0 Å². The summed E-state index contributed by atoms with van der Waals surface area (Å²) in [6.45, 7) is -0.217. The van der Waals surface area contributed by atoms with Gasteiger partial charge in [-0.15, -0.1) is 0 Å². The summed E-state index contributed by atoms with van der Waals surface area (Å²) in [5.41, 5.74) is 0.934. The van der Waals surface area contributed by atoms with Gasteiger partial charge in [-0.3, -0.25) is 0 Å². The van der Waals surface area contributed by atoms with Gasteiger partial charge in [0.25, 0.3) is 0 Å². The molecule has 0 fully saturated rings. The number of aryl methyl sites for hydroxylation is 1. The first kappa shape index (κ1) is 11.8. The van der Waals surface area contributed by atoms with Gasteiger partial charge in [0.2, 0.25) is 0 Å². The lowest BCUT2D eigenvalue weighted by atomic mass is 10.1. The number of hydrogen-bond acceptors (Lipinski definition) is 2. The van der Waals surface area contributed by atoms with Gasteiger partial charge < -0.3 is 10.2 Å². The molecule has 14 heavy (non-hydrogen) atoms. The highest BCUT2D eigenvalue weighted by atomic mass is 35.5. The Kier molecular flexibility index (Phi) is 4.69. The lowest BCUT2D eigenvalue weighted by Crippen LogP contribution is -2.12. The number of aliphatic hydroxyl groups is 2. The van der Waals surface area contributed by atoms with Crippen molar-refractivity contribution in [3.05, 3.63) is 33.8 Å². The van der Waals surface area contributed by atoms with E-state index < -0.39 is 6.10 Å². The fourth-order valence-electron chi connectivity index (χ4n) is 1.14. The summed E-state index contributed by atoms with van der Waals surface area (Å²) < 4.78 is 0. The van der Waals surface area contributed by atoms with Crippen LogP contribution in [0, 0.1) is 0 Å². The van der Waals surface area contributed by atoms with Crippen molar-refractivity contribution in [3.63, 3.8) is 0 Å². The van der Waals surface area contributed by atoms with Gasteiger partial charge in [-0.05, 0) is 30.5 Å². The van der Waals surface area contributed by atoms with Crippen molar-refractivity contribution in [2.75, 3.05) is 6.61 Å². The highest BCUT2D eigenvalue weighted by Gasteiger charge is 2.05. The maximum Gasteiger partial charge on any atom is 0.0774 e. The zero-order chi connectivity index (χ0) is 10.6. The monoisotopic (exact) mass is 234 g/mol. The van der Waals surface area contributed by atoms with E-state index in [1.807, 2.05) is 6.07 Å². The molecule has 0 radical (unpaired) electrons. The average molecular weight is 235 g/mol. The predicted octanol–water partition coefficient (Wildman–Crippen LogP) is 2.28. The molecule has 0 saturated heterocycles. The van der Waals surface area contributed by atoms with E-state index in [2.05, 4.69) is 0 Å². The molecule has 2 N–H and O–H groups in total. The van der Waals surface area contributed by atoms with E-state index in [0.29, 0.717) is 22.9 Å². The molecule has 1 aromatic rings. The van der Waals surface area contributed by atoms with Crippen LogP contribution in [0.4, 0.5) is 0 Å². The third-order valence-electron chi connectivity index (χ3n) is 1.97. The van der Waals surface area contributed by atoms with Crippen LogP contribution in [-0.2, 0) is 6.42 Å². The standard InChI is InChI=1S/C10H12Cl2O2/c11-8-3-1-7(10(12)5-8)2-4-9(14)6-13/h1,3,5,9,13-14H,2,4,6H2. The number of halogens is 2. The first-order valence-electron chi connectivity index (χ1n) is 4.36. The van der Waals surface area contributed by atoms with Gasteiger partial charge in [0, 0.05) is 10.0 Å². The Morgan fingerprint density at radius 1 is 1.29 bits per heavy atom. The van der Waals surface area contributed by atoms with Gasteiger partial charge >= 0.3 is 0 Å². The molecular weight excluding hydrogens is 223 g/mol. The van der Waals surface area contributed by atoms with Gasteiger partial charge in [0.05, 0.1) is 12.7 Å². The maximum atomic E-state index is 9.15. The molecule has 4 heteroatoms. The number of benzene rings is 1. The zero-order valence-electron chi connectivity index (χ0n) is 7.58. The van der Waals surface area contributed by atoms with Crippen LogP contribution in [0.3, 0.4) is 0 Å². The van der Waals surface area contributed by atoms with E-state index >= 15 is 0 Å². The van der Waals surface area contributed by atoms with Crippen LogP contribution < -0.4 is 0 Å². The molecule has 0 heterocycles. The molecule has 78 valence electrons. The molecule has 0 saturated carbocycles. The minimum Gasteiger partial charge on any atom is -0.394 e. The van der Waals surface area contributed by atoms with Crippen molar-refractivity contribution < 1.29 is 10.2 Å². The predicted molar refractivity (Wildman–Crippen MR) is 57.9 cm³/mol. The Morgan fingerprint density at radius 3 is 2.57 bits per heavy atom. The second kappa shape index (κ2) is 5.56. The van der Waals surface area contributed by atoms with Crippen molar-refractivity contribution in [2.24, 2.45) is 0 Å². The number of hydrogen-bond donors (Lipinski definition) is 2. The van der Waals surface area contributed by atoms with E-state index in [9.17, 15) is 0 Å². The van der Waals surface area contributed by atoms with Crippen molar-refractivity contribution in [1.82, 2.24) is 0 Å². The zero-order valence-corrected chi connectivity index (χ0v) is 9.09. The van der Waals surface area contributed by atoms with Crippen LogP contribution in [0.1, 0.15) is 12.0 Å². The molecule has 2 nitrogen and oxygen atoms in total. The average Bonchev–Trinajstić information content (AvgIpc) is 2.16. The van der Waals surface area contributed by atoms with E-state index in [1.165, 1.54) is 0 Å². The third kappa shape index (κ3) is 3.46. The molecule has 0 aliphatic heterocycles. The summed E-state index contributed by atoms with van der Waals surface area (Å²) in [6, 6.07) is 5.26. The first-order chi connectivity index (χ1) is 6.63. The summed E-state index contributed by atoms with van der Waals surface area (Å²) in [6.07, 6.45) is 0.456. The van der Waals surface area contributed by atoms with Crippen LogP contribution in [0.5, 0.6) is 0 Å². The number of aliphatic hydroxyl groups excluding tert-OH is 2. The van der Waals surface area contributed by atoms with E-state index in [-0.39, 0.29) is 6.61 Å². The van der Waals surface area contributed by atoms with Crippen molar-refractivity contribution in [1.29, 1.82) is 0 Å². The third-order valence-corrected chi connectivity index (χ3v) is 2.56. The summed E-state index contributed by atoms with van der Waals surface area (Å²) in [4.78, 5) is 0. The largest absolute Gasteiger partial charge is 0.394 e. The van der Waals surface area contributed by atoms with Crippen molar-refractivity contribution >= 4 is 23.2 Å². The minimum absolute atomic E-state index is 0.217. The molecule has 0 aromatic heterocycles. The molecular formula is C10H12Cl2O2. The van der Waals surface area contributed by atoms with E-state index in [0.717, 1.165) is 5.56 Å². The SMILES string of the molecule is OCC(O)CCc1ccc(Cl)cc1Cl. The molecule has 0 spiro atoms. The number of rotatable bonds is 4. The summed E-state index contributed by atoms with van der Waals surface area (Å²) in [7, 11) is 0. The van der Waals surface area contributed by atoms with E-state index in [4.69, 9.17) is 33.4 Å². The Hall–Kier alpha value is -0.280. The van der Waals surface area contributed by atoms with Crippen LogP contribution in [-0.4, -0.2) is 22.9 Å². The van der Waals surface area contributed by atoms with Gasteiger partial charge in [0.15, 0.2) is 0 Å². The molecule has 1 atom stereocenters. The fraction of sp³-hybridized carbons (Fsp3) is 0.400.